The smallest absolute Gasteiger partial charge is 0.295 e. The molecule has 1 aromatic carbocycles. The van der Waals surface area contributed by atoms with Gasteiger partial charge in [0.2, 0.25) is 0 Å². The minimum Gasteiger partial charge on any atom is -0.390 e. The zero-order chi connectivity index (χ0) is 25.1. The maximum absolute atomic E-state index is 14.3. The van der Waals surface area contributed by atoms with Crippen molar-refractivity contribution in [3.8, 4) is 0 Å². The highest BCUT2D eigenvalue weighted by Crippen LogP contribution is 2.45. The lowest BCUT2D eigenvalue weighted by Crippen LogP contribution is -2.40. The van der Waals surface area contributed by atoms with Gasteiger partial charge in [0, 0.05) is 42.8 Å². The zero-order valence-corrected chi connectivity index (χ0v) is 18.4. The maximum Gasteiger partial charge on any atom is 0.295 e. The number of nitrogens with one attached hydrogen (secondary N) is 1. The summed E-state index contributed by atoms with van der Waals surface area (Å²) in [4.78, 5) is 17.0. The molecule has 1 atom stereocenters. The quantitative estimate of drug-likeness (QED) is 0.389. The van der Waals surface area contributed by atoms with Crippen LogP contribution >= 0.6 is 0 Å². The third-order valence-electron chi connectivity index (χ3n) is 6.28. The van der Waals surface area contributed by atoms with Gasteiger partial charge in [0.05, 0.1) is 17.1 Å². The number of aromatic nitrogens is 4. The van der Waals surface area contributed by atoms with E-state index in [9.17, 15) is 26.7 Å². The topological polar surface area (TPSA) is 84.5 Å². The van der Waals surface area contributed by atoms with Crippen molar-refractivity contribution in [3.05, 3.63) is 70.0 Å². The third-order valence-corrected chi connectivity index (χ3v) is 6.28. The van der Waals surface area contributed by atoms with E-state index in [-0.39, 0.29) is 22.5 Å². The van der Waals surface area contributed by atoms with Crippen molar-refractivity contribution < 1.29 is 27.1 Å². The number of benzene rings is 1. The second kappa shape index (κ2) is 8.01. The molecule has 0 unspecified atom stereocenters. The van der Waals surface area contributed by atoms with Crippen molar-refractivity contribution in [1.82, 2.24) is 19.2 Å². The largest absolute Gasteiger partial charge is 0.390 e. The van der Waals surface area contributed by atoms with E-state index in [2.05, 4.69) is 15.4 Å². The fourth-order valence-corrected chi connectivity index (χ4v) is 4.30. The number of aliphatic hydroxyl groups excluding tert-OH is 1. The first kappa shape index (κ1) is 23.2. The summed E-state index contributed by atoms with van der Waals surface area (Å²) in [5.41, 5.74) is -0.437. The van der Waals surface area contributed by atoms with E-state index in [1.807, 2.05) is 0 Å². The number of nitrogens with zero attached hydrogens (tertiary/aromatic N) is 4. The Kier molecular flexibility index (Phi) is 5.31. The molecular weight excluding hydrogens is 473 g/mol. The number of aliphatic hydroxyl groups is 1. The van der Waals surface area contributed by atoms with Crippen LogP contribution in [-0.4, -0.2) is 36.8 Å². The molecule has 12 heteroatoms. The second-order valence-corrected chi connectivity index (χ2v) is 8.78. The Balaban J connectivity index is 1.60. The Morgan fingerprint density at radius 3 is 2.71 bits per heavy atom. The molecule has 3 heterocycles. The van der Waals surface area contributed by atoms with Gasteiger partial charge in [-0.25, -0.2) is 22.7 Å². The van der Waals surface area contributed by atoms with Crippen LogP contribution in [0.3, 0.4) is 0 Å². The molecule has 1 aliphatic rings. The zero-order valence-electron chi connectivity index (χ0n) is 18.4. The Hall–Kier alpha value is -3.54. The normalized spacial score (nSPS) is 17.0. The lowest BCUT2D eigenvalue weighted by molar-refractivity contribution is -0.104. The van der Waals surface area contributed by atoms with Crippen LogP contribution in [0.4, 0.5) is 27.8 Å². The van der Waals surface area contributed by atoms with Crippen molar-refractivity contribution >= 4 is 22.4 Å². The molecule has 35 heavy (non-hydrogen) atoms. The average Bonchev–Trinajstić information content (AvgIpc) is 3.17. The number of hydrogen-bond donors (Lipinski definition) is 2. The third kappa shape index (κ3) is 4.01. The molecule has 0 amide bonds. The molecule has 2 N–H and O–H groups in total. The molecule has 0 saturated heterocycles. The highest BCUT2D eigenvalue weighted by Gasteiger charge is 2.46. The number of pyridine rings is 1. The molecule has 0 radical (unpaired) electrons. The standard InChI is InChI=1S/C23H20F5N5O2/c1-12(13-3-2-4-14(5-13)23(27,28)11-34)30-20-16-10-32(15-7-22(25,26)8-15)19(35)6-18(16)33-21(31-20)17(24)9-29-33/h2-6,9-10,12,15,34H,7-8,11H2,1H3,(H,30,31)/t12-/m1/s1. The van der Waals surface area contributed by atoms with Crippen LogP contribution in [0.15, 0.2) is 47.5 Å². The van der Waals surface area contributed by atoms with Crippen molar-refractivity contribution in [3.63, 3.8) is 0 Å². The van der Waals surface area contributed by atoms with E-state index >= 15 is 0 Å². The summed E-state index contributed by atoms with van der Waals surface area (Å²) >= 11 is 0. The van der Waals surface area contributed by atoms with Gasteiger partial charge in [-0.15, -0.1) is 0 Å². The van der Waals surface area contributed by atoms with Crippen molar-refractivity contribution in [2.45, 2.75) is 43.7 Å². The lowest BCUT2D eigenvalue weighted by atomic mass is 9.88. The van der Waals surface area contributed by atoms with Crippen molar-refractivity contribution in [2.75, 3.05) is 11.9 Å². The Morgan fingerprint density at radius 1 is 1.29 bits per heavy atom. The van der Waals surface area contributed by atoms with Gasteiger partial charge in [-0.1, -0.05) is 18.2 Å². The molecule has 1 aliphatic carbocycles. The molecule has 4 aromatic rings. The fraction of sp³-hybridized carbons (Fsp3) is 0.348. The van der Waals surface area contributed by atoms with Gasteiger partial charge in [-0.3, -0.25) is 4.79 Å². The van der Waals surface area contributed by atoms with Crippen LogP contribution in [0, 0.1) is 5.82 Å². The van der Waals surface area contributed by atoms with Gasteiger partial charge in [0.15, 0.2) is 11.5 Å². The molecule has 1 saturated carbocycles. The fourth-order valence-electron chi connectivity index (χ4n) is 4.30. The molecule has 0 spiro atoms. The summed E-state index contributed by atoms with van der Waals surface area (Å²) in [7, 11) is 0. The predicted molar refractivity (Wildman–Crippen MR) is 117 cm³/mol. The minimum absolute atomic E-state index is 0.124. The first-order chi connectivity index (χ1) is 16.5. The van der Waals surface area contributed by atoms with E-state index < -0.39 is 54.8 Å². The number of anilines is 1. The SMILES string of the molecule is C[C@@H](Nc1nc2c(F)cnn2c2cc(=O)n(C3CC(F)(F)C3)cc12)c1cccc(C(F)(F)CO)c1. The van der Waals surface area contributed by atoms with Crippen LogP contribution in [0.1, 0.15) is 43.0 Å². The minimum atomic E-state index is -3.43. The summed E-state index contributed by atoms with van der Waals surface area (Å²) in [5, 5.41) is 16.3. The van der Waals surface area contributed by atoms with Crippen LogP contribution in [0.5, 0.6) is 0 Å². The Morgan fingerprint density at radius 2 is 2.03 bits per heavy atom. The number of halogens is 5. The Bertz CT molecular complexity index is 1490. The molecule has 1 fully saturated rings. The average molecular weight is 493 g/mol. The van der Waals surface area contributed by atoms with Gasteiger partial charge in [0.1, 0.15) is 12.4 Å². The van der Waals surface area contributed by atoms with E-state index in [0.717, 1.165) is 10.7 Å². The highest BCUT2D eigenvalue weighted by molar-refractivity contribution is 5.90. The van der Waals surface area contributed by atoms with Gasteiger partial charge in [0.25, 0.3) is 17.4 Å². The summed E-state index contributed by atoms with van der Waals surface area (Å²) in [6.07, 6.45) is 1.37. The molecule has 5 rings (SSSR count). The number of rotatable bonds is 6. The van der Waals surface area contributed by atoms with Crippen LogP contribution in [-0.2, 0) is 5.92 Å². The second-order valence-electron chi connectivity index (χ2n) is 8.78. The number of fused-ring (bicyclic) bond motifs is 3. The molecule has 0 aliphatic heterocycles. The summed E-state index contributed by atoms with van der Waals surface area (Å²) < 4.78 is 71.5. The van der Waals surface area contributed by atoms with Gasteiger partial charge >= 0.3 is 0 Å². The van der Waals surface area contributed by atoms with E-state index in [1.54, 1.807) is 13.0 Å². The molecule has 0 bridgehead atoms. The first-order valence-electron chi connectivity index (χ1n) is 10.8. The molecular formula is C23H20F5N5O2. The van der Waals surface area contributed by atoms with Gasteiger partial charge in [-0.2, -0.15) is 13.9 Å². The van der Waals surface area contributed by atoms with Crippen molar-refractivity contribution in [1.29, 1.82) is 0 Å². The Labute approximate surface area is 194 Å². The van der Waals surface area contributed by atoms with E-state index in [4.69, 9.17) is 5.11 Å². The van der Waals surface area contributed by atoms with Crippen LogP contribution in [0.25, 0.3) is 16.6 Å². The predicted octanol–water partition coefficient (Wildman–Crippen LogP) is 4.41. The maximum atomic E-state index is 14.3. The number of hydrogen-bond acceptors (Lipinski definition) is 5. The van der Waals surface area contributed by atoms with E-state index in [0.29, 0.717) is 10.9 Å². The van der Waals surface area contributed by atoms with E-state index in [1.165, 1.54) is 35.0 Å². The monoisotopic (exact) mass is 493 g/mol. The van der Waals surface area contributed by atoms with Crippen LogP contribution in [0.2, 0.25) is 0 Å². The van der Waals surface area contributed by atoms with Gasteiger partial charge in [-0.05, 0) is 18.6 Å². The van der Waals surface area contributed by atoms with Crippen LogP contribution < -0.4 is 10.9 Å². The first-order valence-corrected chi connectivity index (χ1v) is 10.8. The molecule has 184 valence electrons. The lowest BCUT2D eigenvalue weighted by Gasteiger charge is -2.36. The summed E-state index contributed by atoms with van der Waals surface area (Å²) in [6, 6.07) is 5.33. The molecule has 3 aromatic heterocycles. The molecule has 7 nitrogen and oxygen atoms in total. The summed E-state index contributed by atoms with van der Waals surface area (Å²) in [5.74, 6) is -6.89. The highest BCUT2D eigenvalue weighted by atomic mass is 19.3. The number of alkyl halides is 4. The van der Waals surface area contributed by atoms with Gasteiger partial charge < -0.3 is 15.0 Å². The summed E-state index contributed by atoms with van der Waals surface area (Å²) in [6.45, 7) is 0.322. The van der Waals surface area contributed by atoms with Crippen molar-refractivity contribution in [2.24, 2.45) is 0 Å².